The molecule has 1 fully saturated rings. The van der Waals surface area contributed by atoms with Crippen LogP contribution < -0.4 is 5.73 Å². The summed E-state index contributed by atoms with van der Waals surface area (Å²) in [5.41, 5.74) is 6.54. The van der Waals surface area contributed by atoms with Crippen molar-refractivity contribution < 1.29 is 13.5 Å². The number of hydrogen-bond donors (Lipinski definition) is 1. The Balaban J connectivity index is 2.09. The van der Waals surface area contributed by atoms with Crippen molar-refractivity contribution in [2.45, 2.75) is 12.0 Å². The predicted molar refractivity (Wildman–Crippen MR) is 65.4 cm³/mol. The Labute approximate surface area is 106 Å². The first-order valence-corrected chi connectivity index (χ1v) is 6.03. The second-order valence-corrected chi connectivity index (χ2v) is 4.69. The number of halogens is 2. The van der Waals surface area contributed by atoms with E-state index in [1.54, 1.807) is 7.11 Å². The number of ether oxygens (including phenoxy) is 1. The van der Waals surface area contributed by atoms with Gasteiger partial charge in [-0.15, -0.1) is 0 Å². The molecule has 0 radical (unpaired) electrons. The Bertz CT molecular complexity index is 414. The van der Waals surface area contributed by atoms with Gasteiger partial charge in [0.1, 0.15) is 11.6 Å². The largest absolute Gasteiger partial charge is 0.383 e. The number of nitrogens with two attached hydrogens (primary N) is 1. The molecular formula is C13H18F2N2O. The van der Waals surface area contributed by atoms with Gasteiger partial charge in [-0.3, -0.25) is 4.90 Å². The number of hydrogen-bond acceptors (Lipinski definition) is 3. The van der Waals surface area contributed by atoms with Gasteiger partial charge < -0.3 is 10.5 Å². The van der Waals surface area contributed by atoms with Gasteiger partial charge in [0.2, 0.25) is 0 Å². The molecular weight excluding hydrogens is 238 g/mol. The zero-order chi connectivity index (χ0) is 13.1. The maximum Gasteiger partial charge on any atom is 0.129 e. The zero-order valence-corrected chi connectivity index (χ0v) is 10.4. The van der Waals surface area contributed by atoms with Crippen molar-refractivity contribution in [3.8, 4) is 0 Å². The summed E-state index contributed by atoms with van der Waals surface area (Å²) in [4.78, 5) is 2.14. The highest BCUT2D eigenvalue weighted by atomic mass is 19.1. The Morgan fingerprint density at radius 2 is 2.17 bits per heavy atom. The predicted octanol–water partition coefficient (Wildman–Crippen LogP) is 1.34. The van der Waals surface area contributed by atoms with Gasteiger partial charge in [0, 0.05) is 44.8 Å². The molecule has 2 rings (SSSR count). The topological polar surface area (TPSA) is 38.5 Å². The first-order valence-electron chi connectivity index (χ1n) is 6.03. The van der Waals surface area contributed by atoms with Gasteiger partial charge in [-0.1, -0.05) is 6.07 Å². The molecule has 1 aromatic carbocycles. The average Bonchev–Trinajstić information content (AvgIpc) is 2.68. The molecule has 1 aliphatic heterocycles. The van der Waals surface area contributed by atoms with Crippen LogP contribution in [0.25, 0.3) is 0 Å². The van der Waals surface area contributed by atoms with E-state index in [0.717, 1.165) is 12.6 Å². The van der Waals surface area contributed by atoms with Crippen LogP contribution in [-0.4, -0.2) is 44.3 Å². The maximum atomic E-state index is 13.7. The molecule has 0 saturated carbocycles. The van der Waals surface area contributed by atoms with Gasteiger partial charge in [-0.2, -0.15) is 0 Å². The highest BCUT2D eigenvalue weighted by Gasteiger charge is 2.32. The van der Waals surface area contributed by atoms with Crippen LogP contribution in [0.5, 0.6) is 0 Å². The van der Waals surface area contributed by atoms with Crippen molar-refractivity contribution in [3.05, 3.63) is 35.4 Å². The molecule has 2 N–H and O–H groups in total. The minimum Gasteiger partial charge on any atom is -0.383 e. The Kier molecular flexibility index (Phi) is 4.27. The number of rotatable bonds is 4. The smallest absolute Gasteiger partial charge is 0.129 e. The third-order valence-electron chi connectivity index (χ3n) is 3.41. The summed E-state index contributed by atoms with van der Waals surface area (Å²) in [5.74, 6) is -1.15. The van der Waals surface area contributed by atoms with Crippen molar-refractivity contribution in [2.24, 2.45) is 5.73 Å². The Morgan fingerprint density at radius 3 is 2.83 bits per heavy atom. The number of nitrogens with zero attached hydrogens (tertiary/aromatic N) is 1. The number of methoxy groups -OCH3 is 1. The molecule has 0 aromatic heterocycles. The van der Waals surface area contributed by atoms with E-state index in [1.807, 2.05) is 0 Å². The fourth-order valence-corrected chi connectivity index (χ4v) is 2.45. The van der Waals surface area contributed by atoms with Crippen LogP contribution in [0.2, 0.25) is 0 Å². The van der Waals surface area contributed by atoms with E-state index in [4.69, 9.17) is 10.5 Å². The van der Waals surface area contributed by atoms with Gasteiger partial charge in [0.05, 0.1) is 6.61 Å². The zero-order valence-electron chi connectivity index (χ0n) is 10.4. The second kappa shape index (κ2) is 5.73. The van der Waals surface area contributed by atoms with Crippen molar-refractivity contribution in [1.29, 1.82) is 0 Å². The second-order valence-electron chi connectivity index (χ2n) is 4.69. The normalized spacial score (nSPS) is 24.7. The molecule has 100 valence electrons. The third kappa shape index (κ3) is 2.85. The third-order valence-corrected chi connectivity index (χ3v) is 3.41. The van der Waals surface area contributed by atoms with Crippen LogP contribution >= 0.6 is 0 Å². The van der Waals surface area contributed by atoms with Gasteiger partial charge in [0.15, 0.2) is 0 Å². The van der Waals surface area contributed by atoms with Crippen LogP contribution in [0, 0.1) is 11.6 Å². The fourth-order valence-electron chi connectivity index (χ4n) is 2.45. The van der Waals surface area contributed by atoms with E-state index >= 15 is 0 Å². The molecule has 0 unspecified atom stereocenters. The average molecular weight is 256 g/mol. The van der Waals surface area contributed by atoms with Gasteiger partial charge in [-0.05, 0) is 11.6 Å². The van der Waals surface area contributed by atoms with E-state index < -0.39 is 11.6 Å². The highest BCUT2D eigenvalue weighted by molar-refractivity contribution is 5.26. The van der Waals surface area contributed by atoms with Crippen LogP contribution in [0.4, 0.5) is 8.78 Å². The molecule has 1 aliphatic rings. The summed E-state index contributed by atoms with van der Waals surface area (Å²) >= 11 is 0. The van der Waals surface area contributed by atoms with Crippen molar-refractivity contribution in [1.82, 2.24) is 4.90 Å². The lowest BCUT2D eigenvalue weighted by atomic mass is 9.94. The molecule has 1 heterocycles. The van der Waals surface area contributed by atoms with Crippen LogP contribution in [0.15, 0.2) is 18.2 Å². The minimum absolute atomic E-state index is 0.0811. The molecule has 0 bridgehead atoms. The quantitative estimate of drug-likeness (QED) is 0.883. The first-order chi connectivity index (χ1) is 8.61. The number of likely N-dealkylation sites (tertiary alicyclic amines) is 1. The molecule has 18 heavy (non-hydrogen) atoms. The molecule has 0 spiro atoms. The lowest BCUT2D eigenvalue weighted by Crippen LogP contribution is -2.30. The van der Waals surface area contributed by atoms with Crippen LogP contribution in [0.3, 0.4) is 0 Å². The highest BCUT2D eigenvalue weighted by Crippen LogP contribution is 2.28. The summed E-state index contributed by atoms with van der Waals surface area (Å²) in [6, 6.07) is 3.57. The molecule has 1 saturated heterocycles. The summed E-state index contributed by atoms with van der Waals surface area (Å²) in [6.07, 6.45) is 0. The summed E-state index contributed by atoms with van der Waals surface area (Å²) < 4.78 is 31.6. The molecule has 1 aromatic rings. The molecule has 0 aliphatic carbocycles. The molecule has 3 nitrogen and oxygen atoms in total. The molecule has 5 heteroatoms. The fraction of sp³-hybridized carbons (Fsp3) is 0.538. The van der Waals surface area contributed by atoms with Crippen LogP contribution in [0.1, 0.15) is 11.5 Å². The van der Waals surface area contributed by atoms with Gasteiger partial charge >= 0.3 is 0 Å². The molecule has 0 amide bonds. The van der Waals surface area contributed by atoms with Gasteiger partial charge in [0.25, 0.3) is 0 Å². The standard InChI is InChI=1S/C13H18F2N2O/c1-18-5-4-17-7-11(13(16)8-17)10-3-2-9(14)6-12(10)15/h2-3,6,11,13H,4-5,7-8,16H2,1H3/t11-,13+/m1/s1. The monoisotopic (exact) mass is 256 g/mol. The minimum atomic E-state index is -0.556. The number of benzene rings is 1. The van der Waals surface area contributed by atoms with E-state index in [0.29, 0.717) is 25.3 Å². The lowest BCUT2D eigenvalue weighted by Gasteiger charge is -2.16. The Hall–Kier alpha value is -1.04. The Morgan fingerprint density at radius 1 is 1.39 bits per heavy atom. The van der Waals surface area contributed by atoms with Crippen molar-refractivity contribution >= 4 is 0 Å². The summed E-state index contributed by atoms with van der Waals surface area (Å²) in [7, 11) is 1.65. The lowest BCUT2D eigenvalue weighted by molar-refractivity contribution is 0.159. The van der Waals surface area contributed by atoms with E-state index in [1.165, 1.54) is 12.1 Å². The maximum absolute atomic E-state index is 13.7. The summed E-state index contributed by atoms with van der Waals surface area (Å²) in [6.45, 7) is 2.81. The van der Waals surface area contributed by atoms with E-state index in [-0.39, 0.29) is 12.0 Å². The SMILES string of the molecule is COCCN1C[C@H](c2ccc(F)cc2F)[C@@H](N)C1. The van der Waals surface area contributed by atoms with E-state index in [9.17, 15) is 8.78 Å². The summed E-state index contributed by atoms with van der Waals surface area (Å²) in [5, 5.41) is 0. The van der Waals surface area contributed by atoms with Crippen molar-refractivity contribution in [2.75, 3.05) is 33.4 Å². The van der Waals surface area contributed by atoms with E-state index in [2.05, 4.69) is 4.90 Å². The van der Waals surface area contributed by atoms with Crippen LogP contribution in [-0.2, 0) is 4.74 Å². The van der Waals surface area contributed by atoms with Crippen molar-refractivity contribution in [3.63, 3.8) is 0 Å². The molecule has 2 atom stereocenters. The first kappa shape index (κ1) is 13.4. The van der Waals surface area contributed by atoms with Gasteiger partial charge in [-0.25, -0.2) is 8.78 Å².